The van der Waals surface area contributed by atoms with Gasteiger partial charge in [0.1, 0.15) is 11.2 Å². The summed E-state index contributed by atoms with van der Waals surface area (Å²) >= 11 is 0. The molecule has 2 aliphatic rings. The molecule has 2 fully saturated rings. The largest absolute Gasteiger partial charge is 0.396 e. The number of urea groups is 1. The van der Waals surface area contributed by atoms with Crippen LogP contribution in [0.15, 0.2) is 18.6 Å². The average molecular weight is 389 g/mol. The molecule has 1 N–H and O–H groups in total. The van der Waals surface area contributed by atoms with E-state index in [1.807, 2.05) is 13.8 Å². The number of hydrogen-bond acceptors (Lipinski definition) is 6. The van der Waals surface area contributed by atoms with E-state index in [4.69, 9.17) is 5.11 Å². The van der Waals surface area contributed by atoms with Crippen LogP contribution < -0.4 is 0 Å². The van der Waals surface area contributed by atoms with Crippen LogP contribution in [0, 0.1) is 5.92 Å². The van der Waals surface area contributed by atoms with E-state index in [0.717, 1.165) is 0 Å². The molecule has 2 saturated heterocycles. The summed E-state index contributed by atoms with van der Waals surface area (Å²) in [7, 11) is 0. The van der Waals surface area contributed by atoms with Crippen LogP contribution in [-0.4, -0.2) is 85.9 Å². The minimum absolute atomic E-state index is 0.0748. The predicted octanol–water partition coefficient (Wildman–Crippen LogP) is 0.754. The van der Waals surface area contributed by atoms with E-state index in [-0.39, 0.29) is 42.6 Å². The van der Waals surface area contributed by atoms with Gasteiger partial charge in [-0.25, -0.2) is 9.78 Å². The number of aliphatic hydroxyl groups is 1. The molecule has 0 unspecified atom stereocenters. The van der Waals surface area contributed by atoms with E-state index in [2.05, 4.69) is 9.97 Å². The normalized spacial score (nSPS) is 19.2. The number of rotatable bonds is 6. The summed E-state index contributed by atoms with van der Waals surface area (Å²) in [5, 5.41) is 9.10. The van der Waals surface area contributed by atoms with Crippen molar-refractivity contribution in [3.8, 4) is 0 Å². The van der Waals surface area contributed by atoms with Crippen molar-refractivity contribution in [1.82, 2.24) is 24.7 Å². The third kappa shape index (κ3) is 3.58. The molecule has 4 amide bonds. The summed E-state index contributed by atoms with van der Waals surface area (Å²) in [5.74, 6) is -0.212. The van der Waals surface area contributed by atoms with Crippen LogP contribution in [0.4, 0.5) is 4.79 Å². The fraction of sp³-hybridized carbons (Fsp3) is 0.632. The number of amides is 4. The molecule has 0 bridgehead atoms. The fourth-order valence-corrected chi connectivity index (χ4v) is 3.96. The zero-order chi connectivity index (χ0) is 20.3. The second-order valence-electron chi connectivity index (χ2n) is 7.74. The Bertz CT molecular complexity index is 731. The number of likely N-dealkylation sites (tertiary alicyclic amines) is 1. The van der Waals surface area contributed by atoms with Gasteiger partial charge in [-0.3, -0.25) is 19.5 Å². The van der Waals surface area contributed by atoms with E-state index in [1.54, 1.807) is 9.80 Å². The third-order valence-electron chi connectivity index (χ3n) is 5.37. The first-order valence-corrected chi connectivity index (χ1v) is 9.70. The van der Waals surface area contributed by atoms with Gasteiger partial charge in [0.05, 0.1) is 6.20 Å². The van der Waals surface area contributed by atoms with Crippen molar-refractivity contribution in [3.05, 3.63) is 24.3 Å². The summed E-state index contributed by atoms with van der Waals surface area (Å²) < 4.78 is 0. The highest BCUT2D eigenvalue weighted by molar-refractivity contribution is 6.07. The van der Waals surface area contributed by atoms with Crippen LogP contribution in [-0.2, 0) is 4.79 Å². The maximum absolute atomic E-state index is 13.2. The monoisotopic (exact) mass is 389 g/mol. The van der Waals surface area contributed by atoms with Crippen molar-refractivity contribution in [2.24, 2.45) is 5.92 Å². The highest BCUT2D eigenvalue weighted by atomic mass is 16.3. The Kier molecular flexibility index (Phi) is 5.93. The number of nitrogens with zero attached hydrogens (tertiary/aromatic N) is 5. The van der Waals surface area contributed by atoms with Gasteiger partial charge in [0, 0.05) is 45.2 Å². The average Bonchev–Trinajstić information content (AvgIpc) is 2.88. The van der Waals surface area contributed by atoms with Gasteiger partial charge < -0.3 is 14.9 Å². The number of hydrogen-bond donors (Lipinski definition) is 1. The molecule has 1 spiro atoms. The molecule has 3 rings (SSSR count). The quantitative estimate of drug-likeness (QED) is 0.720. The lowest BCUT2D eigenvalue weighted by molar-refractivity contribution is -0.135. The Labute approximate surface area is 164 Å². The first kappa shape index (κ1) is 20.2. The molecule has 0 radical (unpaired) electrons. The summed E-state index contributed by atoms with van der Waals surface area (Å²) in [6.07, 6.45) is 5.56. The van der Waals surface area contributed by atoms with Crippen molar-refractivity contribution >= 4 is 17.8 Å². The predicted molar refractivity (Wildman–Crippen MR) is 100 cm³/mol. The Morgan fingerprint density at radius 1 is 1.25 bits per heavy atom. The SMILES string of the molecule is CC(C)CN1C(=O)N(CCCO)C(=O)C12CCN(C(=O)c1cnccn1)CC2. The molecule has 0 atom stereocenters. The zero-order valence-electron chi connectivity index (χ0n) is 16.4. The van der Waals surface area contributed by atoms with Gasteiger partial charge >= 0.3 is 6.03 Å². The lowest BCUT2D eigenvalue weighted by atomic mass is 9.85. The molecular formula is C19H27N5O4. The summed E-state index contributed by atoms with van der Waals surface area (Å²) in [5.41, 5.74) is -0.633. The van der Waals surface area contributed by atoms with Crippen LogP contribution >= 0.6 is 0 Å². The minimum Gasteiger partial charge on any atom is -0.396 e. The lowest BCUT2D eigenvalue weighted by Gasteiger charge is -2.42. The maximum Gasteiger partial charge on any atom is 0.327 e. The highest BCUT2D eigenvalue weighted by Crippen LogP contribution is 2.38. The number of carbonyl (C=O) groups is 3. The Morgan fingerprint density at radius 2 is 1.96 bits per heavy atom. The topological polar surface area (TPSA) is 107 Å². The van der Waals surface area contributed by atoms with Gasteiger partial charge in [-0.2, -0.15) is 0 Å². The number of aliphatic hydroxyl groups excluding tert-OH is 1. The Hall–Kier alpha value is -2.55. The number of piperidine rings is 1. The second kappa shape index (κ2) is 8.22. The van der Waals surface area contributed by atoms with Crippen LogP contribution in [0.3, 0.4) is 0 Å². The smallest absolute Gasteiger partial charge is 0.327 e. The minimum atomic E-state index is -0.907. The summed E-state index contributed by atoms with van der Waals surface area (Å²) in [6.45, 7) is 5.39. The maximum atomic E-state index is 13.2. The van der Waals surface area contributed by atoms with Gasteiger partial charge in [0.15, 0.2) is 0 Å². The van der Waals surface area contributed by atoms with Crippen molar-refractivity contribution < 1.29 is 19.5 Å². The lowest BCUT2D eigenvalue weighted by Crippen LogP contribution is -2.58. The van der Waals surface area contributed by atoms with Gasteiger partial charge in [0.25, 0.3) is 11.8 Å². The summed E-state index contributed by atoms with van der Waals surface area (Å²) in [6, 6.07) is -0.291. The van der Waals surface area contributed by atoms with Gasteiger partial charge in [-0.1, -0.05) is 13.8 Å². The van der Waals surface area contributed by atoms with Crippen molar-refractivity contribution in [2.45, 2.75) is 38.6 Å². The molecule has 9 nitrogen and oxygen atoms in total. The van der Waals surface area contributed by atoms with E-state index in [9.17, 15) is 14.4 Å². The zero-order valence-corrected chi connectivity index (χ0v) is 16.4. The molecule has 1 aromatic heterocycles. The van der Waals surface area contributed by atoms with Crippen LogP contribution in [0.5, 0.6) is 0 Å². The highest BCUT2D eigenvalue weighted by Gasteiger charge is 2.58. The molecule has 0 aromatic carbocycles. The second-order valence-corrected chi connectivity index (χ2v) is 7.74. The molecule has 152 valence electrons. The molecule has 28 heavy (non-hydrogen) atoms. The van der Waals surface area contributed by atoms with Crippen molar-refractivity contribution in [3.63, 3.8) is 0 Å². The first-order chi connectivity index (χ1) is 13.4. The number of imide groups is 1. The van der Waals surface area contributed by atoms with Gasteiger partial charge in [0.2, 0.25) is 0 Å². The van der Waals surface area contributed by atoms with Gasteiger partial charge in [-0.05, 0) is 25.2 Å². The fourth-order valence-electron chi connectivity index (χ4n) is 3.96. The molecule has 2 aliphatic heterocycles. The first-order valence-electron chi connectivity index (χ1n) is 9.70. The van der Waals surface area contributed by atoms with E-state index in [1.165, 1.54) is 23.5 Å². The van der Waals surface area contributed by atoms with Crippen molar-refractivity contribution in [1.29, 1.82) is 0 Å². The standard InChI is InChI=1S/C19H27N5O4/c1-14(2)13-24-18(28)23(8-3-11-25)17(27)19(24)4-9-22(10-5-19)16(26)15-12-20-6-7-21-15/h6-7,12,14,25H,3-5,8-11,13H2,1-2H3. The Balaban J connectivity index is 1.78. The van der Waals surface area contributed by atoms with Crippen LogP contribution in [0.2, 0.25) is 0 Å². The number of aromatic nitrogens is 2. The molecule has 0 saturated carbocycles. The van der Waals surface area contributed by atoms with Crippen LogP contribution in [0.25, 0.3) is 0 Å². The third-order valence-corrected chi connectivity index (χ3v) is 5.37. The molecule has 9 heteroatoms. The van der Waals surface area contributed by atoms with E-state index in [0.29, 0.717) is 38.9 Å². The molecule has 0 aliphatic carbocycles. The summed E-state index contributed by atoms with van der Waals surface area (Å²) in [4.78, 5) is 51.3. The van der Waals surface area contributed by atoms with E-state index >= 15 is 0 Å². The molecule has 1 aromatic rings. The molecular weight excluding hydrogens is 362 g/mol. The van der Waals surface area contributed by atoms with Crippen molar-refractivity contribution in [2.75, 3.05) is 32.8 Å². The van der Waals surface area contributed by atoms with Gasteiger partial charge in [-0.15, -0.1) is 0 Å². The van der Waals surface area contributed by atoms with Crippen LogP contribution in [0.1, 0.15) is 43.6 Å². The molecule has 3 heterocycles. The number of carbonyl (C=O) groups excluding carboxylic acids is 3. The Morgan fingerprint density at radius 3 is 2.54 bits per heavy atom. The van der Waals surface area contributed by atoms with E-state index < -0.39 is 5.54 Å².